The molecule has 1 unspecified atom stereocenters. The van der Waals surface area contributed by atoms with Gasteiger partial charge >= 0.3 is 0 Å². The lowest BCUT2D eigenvalue weighted by Crippen LogP contribution is -2.49. The summed E-state index contributed by atoms with van der Waals surface area (Å²) in [5.74, 6) is 1.87. The molecule has 1 aliphatic carbocycles. The van der Waals surface area contributed by atoms with E-state index in [1.807, 2.05) is 0 Å². The maximum absolute atomic E-state index is 2.76. The van der Waals surface area contributed by atoms with Crippen LogP contribution in [0.4, 0.5) is 0 Å². The molecule has 2 rings (SSSR count). The van der Waals surface area contributed by atoms with Crippen LogP contribution in [-0.2, 0) is 0 Å². The molecule has 1 saturated heterocycles. The highest BCUT2D eigenvalue weighted by molar-refractivity contribution is 4.94. The Balaban J connectivity index is 2.05. The fraction of sp³-hybridized carbons (Fsp3) is 1.00. The minimum Gasteiger partial charge on any atom is -0.298 e. The van der Waals surface area contributed by atoms with Gasteiger partial charge in [-0.3, -0.25) is 4.90 Å². The lowest BCUT2D eigenvalue weighted by atomic mass is 9.72. The Bertz CT molecular complexity index is 183. The van der Waals surface area contributed by atoms with Gasteiger partial charge in [0.2, 0.25) is 0 Å². The van der Waals surface area contributed by atoms with Crippen molar-refractivity contribution in [1.82, 2.24) is 4.90 Å². The van der Waals surface area contributed by atoms with Gasteiger partial charge in [-0.2, -0.15) is 0 Å². The van der Waals surface area contributed by atoms with Gasteiger partial charge in [0.1, 0.15) is 0 Å². The highest BCUT2D eigenvalue weighted by atomic mass is 15.2. The average molecular weight is 195 g/mol. The van der Waals surface area contributed by atoms with E-state index in [1.54, 1.807) is 0 Å². The molecule has 1 aliphatic heterocycles. The molecule has 0 aromatic carbocycles. The van der Waals surface area contributed by atoms with E-state index in [1.165, 1.54) is 45.2 Å². The van der Waals surface area contributed by atoms with Gasteiger partial charge in [0.25, 0.3) is 0 Å². The minimum absolute atomic E-state index is 0.535. The monoisotopic (exact) mass is 195 g/mol. The summed E-state index contributed by atoms with van der Waals surface area (Å²) in [6.07, 6.45) is 7.16. The third-order valence-electron chi connectivity index (χ3n) is 4.25. The van der Waals surface area contributed by atoms with E-state index in [0.29, 0.717) is 5.54 Å². The normalized spacial score (nSPS) is 45.6. The first-order valence-corrected chi connectivity index (χ1v) is 6.35. The van der Waals surface area contributed by atoms with Crippen molar-refractivity contribution in [1.29, 1.82) is 0 Å². The fourth-order valence-electron chi connectivity index (χ4n) is 3.95. The van der Waals surface area contributed by atoms with Crippen LogP contribution < -0.4 is 0 Å². The van der Waals surface area contributed by atoms with Gasteiger partial charge in [-0.05, 0) is 64.0 Å². The third-order valence-corrected chi connectivity index (χ3v) is 4.25. The molecule has 14 heavy (non-hydrogen) atoms. The van der Waals surface area contributed by atoms with E-state index in [2.05, 4.69) is 25.7 Å². The summed E-state index contributed by atoms with van der Waals surface area (Å²) in [4.78, 5) is 2.76. The lowest BCUT2D eigenvalue weighted by molar-refractivity contribution is 0.0457. The Kier molecular flexibility index (Phi) is 2.88. The molecule has 1 heteroatoms. The Labute approximate surface area is 88.9 Å². The molecule has 2 aliphatic rings. The topological polar surface area (TPSA) is 3.24 Å². The average Bonchev–Trinajstić information content (AvgIpc) is 2.52. The molecule has 0 aromatic rings. The molecule has 1 nitrogen and oxygen atoms in total. The maximum Gasteiger partial charge on any atom is 0.0186 e. The maximum atomic E-state index is 2.76. The number of hydrogen-bond acceptors (Lipinski definition) is 1. The van der Waals surface area contributed by atoms with Crippen molar-refractivity contribution in [3.63, 3.8) is 0 Å². The van der Waals surface area contributed by atoms with Gasteiger partial charge in [-0.15, -0.1) is 0 Å². The van der Waals surface area contributed by atoms with Crippen LogP contribution in [0.5, 0.6) is 0 Å². The second-order valence-corrected chi connectivity index (χ2v) is 6.05. The van der Waals surface area contributed by atoms with Crippen LogP contribution in [0.25, 0.3) is 0 Å². The smallest absolute Gasteiger partial charge is 0.0186 e. The number of hydrogen-bond donors (Lipinski definition) is 0. The van der Waals surface area contributed by atoms with Crippen molar-refractivity contribution in [2.24, 2.45) is 11.8 Å². The first-order chi connectivity index (χ1) is 6.60. The Hall–Kier alpha value is -0.0400. The van der Waals surface area contributed by atoms with E-state index in [4.69, 9.17) is 0 Å². The molecule has 0 aromatic heterocycles. The molecular weight excluding hydrogens is 170 g/mol. The Morgan fingerprint density at radius 2 is 1.50 bits per heavy atom. The van der Waals surface area contributed by atoms with Crippen molar-refractivity contribution in [2.45, 2.75) is 58.4 Å². The summed E-state index contributed by atoms with van der Waals surface area (Å²) < 4.78 is 0. The van der Waals surface area contributed by atoms with E-state index in [-0.39, 0.29) is 0 Å². The summed E-state index contributed by atoms with van der Waals surface area (Å²) in [5, 5.41) is 0. The molecule has 0 radical (unpaired) electrons. The standard InChI is InChI=1S/C13H25N/c1-11-8-12(2)10-13(3,9-11)14-6-4-5-7-14/h11-12H,4-10H2,1-3H3/t11-,12+,13?. The first kappa shape index (κ1) is 10.5. The molecule has 0 N–H and O–H groups in total. The van der Waals surface area contributed by atoms with Gasteiger partial charge in [0, 0.05) is 5.54 Å². The van der Waals surface area contributed by atoms with Crippen molar-refractivity contribution in [3.8, 4) is 0 Å². The predicted molar refractivity (Wildman–Crippen MR) is 61.4 cm³/mol. The zero-order valence-electron chi connectivity index (χ0n) is 10.1. The summed E-state index contributed by atoms with van der Waals surface area (Å²) in [7, 11) is 0. The zero-order chi connectivity index (χ0) is 10.2. The Morgan fingerprint density at radius 1 is 1.00 bits per heavy atom. The van der Waals surface area contributed by atoms with Crippen LogP contribution >= 0.6 is 0 Å². The van der Waals surface area contributed by atoms with Crippen molar-refractivity contribution < 1.29 is 0 Å². The quantitative estimate of drug-likeness (QED) is 0.620. The van der Waals surface area contributed by atoms with Crippen LogP contribution in [0.2, 0.25) is 0 Å². The Morgan fingerprint density at radius 3 is 2.00 bits per heavy atom. The van der Waals surface area contributed by atoms with Crippen LogP contribution in [0.15, 0.2) is 0 Å². The van der Waals surface area contributed by atoms with Gasteiger partial charge in [-0.25, -0.2) is 0 Å². The zero-order valence-corrected chi connectivity index (χ0v) is 10.1. The van der Waals surface area contributed by atoms with Crippen molar-refractivity contribution in [2.75, 3.05) is 13.1 Å². The molecule has 3 atom stereocenters. The van der Waals surface area contributed by atoms with E-state index in [9.17, 15) is 0 Å². The molecule has 0 spiro atoms. The summed E-state index contributed by atoms with van der Waals surface area (Å²) >= 11 is 0. The lowest BCUT2D eigenvalue weighted by Gasteiger charge is -2.46. The van der Waals surface area contributed by atoms with Gasteiger partial charge in [0.05, 0.1) is 0 Å². The van der Waals surface area contributed by atoms with E-state index >= 15 is 0 Å². The predicted octanol–water partition coefficient (Wildman–Crippen LogP) is 3.30. The summed E-state index contributed by atoms with van der Waals surface area (Å²) in [5.41, 5.74) is 0.535. The number of likely N-dealkylation sites (tertiary alicyclic amines) is 1. The van der Waals surface area contributed by atoms with Gasteiger partial charge < -0.3 is 0 Å². The van der Waals surface area contributed by atoms with E-state index < -0.39 is 0 Å². The van der Waals surface area contributed by atoms with Crippen LogP contribution in [0.3, 0.4) is 0 Å². The third kappa shape index (κ3) is 1.98. The first-order valence-electron chi connectivity index (χ1n) is 6.35. The largest absolute Gasteiger partial charge is 0.298 e. The number of rotatable bonds is 1. The minimum atomic E-state index is 0.535. The molecular formula is C13H25N. The van der Waals surface area contributed by atoms with Gasteiger partial charge in [0.15, 0.2) is 0 Å². The molecule has 1 saturated carbocycles. The summed E-state index contributed by atoms with van der Waals surface area (Å²) in [6.45, 7) is 10.1. The van der Waals surface area contributed by atoms with Crippen molar-refractivity contribution in [3.05, 3.63) is 0 Å². The van der Waals surface area contributed by atoms with Gasteiger partial charge in [-0.1, -0.05) is 13.8 Å². The second kappa shape index (κ2) is 3.84. The second-order valence-electron chi connectivity index (χ2n) is 6.05. The van der Waals surface area contributed by atoms with Crippen LogP contribution in [-0.4, -0.2) is 23.5 Å². The van der Waals surface area contributed by atoms with Crippen molar-refractivity contribution >= 4 is 0 Å². The molecule has 0 bridgehead atoms. The number of nitrogens with zero attached hydrogens (tertiary/aromatic N) is 1. The molecule has 82 valence electrons. The highest BCUT2D eigenvalue weighted by Gasteiger charge is 2.39. The highest BCUT2D eigenvalue weighted by Crippen LogP contribution is 2.40. The van der Waals surface area contributed by atoms with E-state index in [0.717, 1.165) is 11.8 Å². The molecule has 1 heterocycles. The van der Waals surface area contributed by atoms with Crippen LogP contribution in [0.1, 0.15) is 52.9 Å². The summed E-state index contributed by atoms with van der Waals surface area (Å²) in [6, 6.07) is 0. The molecule has 0 amide bonds. The molecule has 2 fully saturated rings. The van der Waals surface area contributed by atoms with Crippen LogP contribution in [0, 0.1) is 11.8 Å². The SMILES string of the molecule is C[C@@H]1C[C@H](C)CC(C)(N2CCCC2)C1. The fourth-order valence-corrected chi connectivity index (χ4v) is 3.95.